The van der Waals surface area contributed by atoms with E-state index in [4.69, 9.17) is 10.5 Å². The summed E-state index contributed by atoms with van der Waals surface area (Å²) in [4.78, 5) is 46.9. The van der Waals surface area contributed by atoms with Crippen LogP contribution in [0.5, 0.6) is 0 Å². The molecule has 33 heavy (non-hydrogen) atoms. The topological polar surface area (TPSA) is 140 Å². The van der Waals surface area contributed by atoms with Gasteiger partial charge in [0.2, 0.25) is 0 Å². The molecule has 0 radical (unpaired) electrons. The number of nitrogens with one attached hydrogen (secondary N) is 2. The molecule has 1 saturated heterocycles. The summed E-state index contributed by atoms with van der Waals surface area (Å²) in [5.41, 5.74) is 6.76. The molecule has 0 aliphatic carbocycles. The maximum absolute atomic E-state index is 12.7. The van der Waals surface area contributed by atoms with Gasteiger partial charge in [-0.1, -0.05) is 12.1 Å². The molecule has 10 nitrogen and oxygen atoms in total. The van der Waals surface area contributed by atoms with Gasteiger partial charge < -0.3 is 26.0 Å². The molecule has 176 valence electrons. The Morgan fingerprint density at radius 3 is 2.70 bits per heavy atom. The minimum atomic E-state index is -0.537. The van der Waals surface area contributed by atoms with Crippen molar-refractivity contribution in [2.24, 2.45) is 5.92 Å². The van der Waals surface area contributed by atoms with Crippen LogP contribution in [0.3, 0.4) is 0 Å². The second-order valence-electron chi connectivity index (χ2n) is 8.94. The van der Waals surface area contributed by atoms with Crippen molar-refractivity contribution in [3.05, 3.63) is 41.7 Å². The quantitative estimate of drug-likeness (QED) is 0.628. The minimum absolute atomic E-state index is 0.0284. The van der Waals surface area contributed by atoms with Gasteiger partial charge in [-0.3, -0.25) is 9.59 Å². The zero-order valence-corrected chi connectivity index (χ0v) is 19.3. The van der Waals surface area contributed by atoms with Crippen LogP contribution >= 0.6 is 0 Å². The monoisotopic (exact) mass is 454 g/mol. The first-order valence-electron chi connectivity index (χ1n) is 10.8. The fraction of sp³-hybridized carbons (Fsp3) is 0.435. The summed E-state index contributed by atoms with van der Waals surface area (Å²) in [7, 11) is 1.48. The van der Waals surface area contributed by atoms with Crippen LogP contribution in [0.2, 0.25) is 0 Å². The summed E-state index contributed by atoms with van der Waals surface area (Å²) in [6.07, 6.45) is 1.93. The predicted molar refractivity (Wildman–Crippen MR) is 124 cm³/mol. The van der Waals surface area contributed by atoms with E-state index in [-0.39, 0.29) is 29.4 Å². The normalized spacial score (nSPS) is 15.8. The number of amides is 3. The second-order valence-corrected chi connectivity index (χ2v) is 8.94. The number of hydrogen-bond acceptors (Lipinski definition) is 7. The fourth-order valence-electron chi connectivity index (χ4n) is 3.47. The number of aromatic nitrogens is 2. The highest BCUT2D eigenvalue weighted by molar-refractivity contribution is 5.97. The molecule has 3 amide bonds. The van der Waals surface area contributed by atoms with E-state index in [1.807, 2.05) is 20.8 Å². The molecule has 1 unspecified atom stereocenters. The fourth-order valence-corrected chi connectivity index (χ4v) is 3.47. The van der Waals surface area contributed by atoms with Gasteiger partial charge in [0.05, 0.1) is 11.9 Å². The highest BCUT2D eigenvalue weighted by Gasteiger charge is 2.30. The Labute approximate surface area is 192 Å². The van der Waals surface area contributed by atoms with Gasteiger partial charge in [-0.25, -0.2) is 14.8 Å². The molecule has 1 fully saturated rings. The number of anilines is 1. The lowest BCUT2D eigenvalue weighted by Crippen LogP contribution is -2.36. The zero-order valence-electron chi connectivity index (χ0n) is 19.3. The average Bonchev–Trinajstić information content (AvgIpc) is 3.25. The maximum atomic E-state index is 12.7. The zero-order chi connectivity index (χ0) is 24.2. The predicted octanol–water partition coefficient (Wildman–Crippen LogP) is 2.07. The van der Waals surface area contributed by atoms with E-state index < -0.39 is 11.5 Å². The SMILES string of the molecule is CNC(=O)c1nc(-c2cccc(C(=O)NCC3CCN(C(=O)OC(C)(C)C)C3)c2)cnc1N. The molecular formula is C23H30N6O4. The summed E-state index contributed by atoms with van der Waals surface area (Å²) in [6, 6.07) is 6.90. The number of ether oxygens (including phenoxy) is 1. The van der Waals surface area contributed by atoms with E-state index in [1.165, 1.54) is 13.2 Å². The highest BCUT2D eigenvalue weighted by atomic mass is 16.6. The maximum Gasteiger partial charge on any atom is 0.410 e. The number of benzene rings is 1. The lowest BCUT2D eigenvalue weighted by molar-refractivity contribution is 0.0288. The summed E-state index contributed by atoms with van der Waals surface area (Å²) in [5.74, 6) is -0.484. The number of hydrogen-bond donors (Lipinski definition) is 3. The first-order valence-corrected chi connectivity index (χ1v) is 10.8. The van der Waals surface area contributed by atoms with Crippen molar-refractivity contribution in [1.29, 1.82) is 0 Å². The molecular weight excluding hydrogens is 424 g/mol. The Kier molecular flexibility index (Phi) is 7.15. The Morgan fingerprint density at radius 2 is 2.00 bits per heavy atom. The minimum Gasteiger partial charge on any atom is -0.444 e. The van der Waals surface area contributed by atoms with E-state index in [0.717, 1.165) is 6.42 Å². The van der Waals surface area contributed by atoms with Gasteiger partial charge in [-0.15, -0.1) is 0 Å². The molecule has 1 aliphatic rings. The molecule has 0 saturated carbocycles. The van der Waals surface area contributed by atoms with Crippen molar-refractivity contribution < 1.29 is 19.1 Å². The van der Waals surface area contributed by atoms with Crippen molar-refractivity contribution in [3.63, 3.8) is 0 Å². The van der Waals surface area contributed by atoms with Crippen molar-refractivity contribution in [3.8, 4) is 11.3 Å². The molecule has 0 spiro atoms. The number of rotatable bonds is 5. The van der Waals surface area contributed by atoms with Gasteiger partial charge in [0.15, 0.2) is 11.5 Å². The molecule has 1 aromatic carbocycles. The van der Waals surface area contributed by atoms with E-state index in [9.17, 15) is 14.4 Å². The van der Waals surface area contributed by atoms with Crippen LogP contribution in [-0.4, -0.2) is 65.1 Å². The van der Waals surface area contributed by atoms with Crippen LogP contribution in [0.4, 0.5) is 10.6 Å². The third-order valence-corrected chi connectivity index (χ3v) is 5.15. The molecule has 0 bridgehead atoms. The van der Waals surface area contributed by atoms with Gasteiger partial charge in [-0.05, 0) is 45.2 Å². The molecule has 10 heteroatoms. The van der Waals surface area contributed by atoms with Crippen LogP contribution < -0.4 is 16.4 Å². The number of nitrogens with zero attached hydrogens (tertiary/aromatic N) is 3. The lowest BCUT2D eigenvalue weighted by atomic mass is 10.1. The van der Waals surface area contributed by atoms with Gasteiger partial charge in [-0.2, -0.15) is 0 Å². The third kappa shape index (κ3) is 6.18. The van der Waals surface area contributed by atoms with Crippen LogP contribution in [0.25, 0.3) is 11.3 Å². The number of carbonyl (C=O) groups excluding carboxylic acids is 3. The smallest absolute Gasteiger partial charge is 0.410 e. The lowest BCUT2D eigenvalue weighted by Gasteiger charge is -2.24. The number of likely N-dealkylation sites (tertiary alicyclic amines) is 1. The van der Waals surface area contributed by atoms with Gasteiger partial charge in [0.1, 0.15) is 5.60 Å². The Bertz CT molecular complexity index is 1050. The number of nitrogen functional groups attached to an aromatic ring is 1. The number of nitrogens with two attached hydrogens (primary N) is 1. The van der Waals surface area contributed by atoms with E-state index in [0.29, 0.717) is 36.5 Å². The van der Waals surface area contributed by atoms with Gasteiger partial charge in [0.25, 0.3) is 11.8 Å². The van der Waals surface area contributed by atoms with Gasteiger partial charge >= 0.3 is 6.09 Å². The Morgan fingerprint density at radius 1 is 1.24 bits per heavy atom. The van der Waals surface area contributed by atoms with E-state index in [1.54, 1.807) is 29.2 Å². The highest BCUT2D eigenvalue weighted by Crippen LogP contribution is 2.21. The molecule has 2 aromatic rings. The third-order valence-electron chi connectivity index (χ3n) is 5.15. The van der Waals surface area contributed by atoms with E-state index >= 15 is 0 Å². The molecule has 1 aliphatic heterocycles. The first kappa shape index (κ1) is 24.0. The average molecular weight is 455 g/mol. The first-order chi connectivity index (χ1) is 15.6. The van der Waals surface area contributed by atoms with Crippen molar-refractivity contribution in [1.82, 2.24) is 25.5 Å². The summed E-state index contributed by atoms with van der Waals surface area (Å²) in [6.45, 7) is 7.10. The molecule has 1 atom stereocenters. The van der Waals surface area contributed by atoms with Gasteiger partial charge in [0, 0.05) is 37.8 Å². The molecule has 4 N–H and O–H groups in total. The van der Waals surface area contributed by atoms with Crippen LogP contribution in [0.1, 0.15) is 48.0 Å². The van der Waals surface area contributed by atoms with Crippen LogP contribution in [-0.2, 0) is 4.74 Å². The molecule has 3 rings (SSSR count). The van der Waals surface area contributed by atoms with Crippen LogP contribution in [0, 0.1) is 5.92 Å². The summed E-state index contributed by atoms with van der Waals surface area (Å²) < 4.78 is 5.41. The van der Waals surface area contributed by atoms with Crippen molar-refractivity contribution in [2.75, 3.05) is 32.4 Å². The Balaban J connectivity index is 1.62. The van der Waals surface area contributed by atoms with E-state index in [2.05, 4.69) is 20.6 Å². The van der Waals surface area contributed by atoms with Crippen LogP contribution in [0.15, 0.2) is 30.5 Å². The Hall–Kier alpha value is -3.69. The summed E-state index contributed by atoms with van der Waals surface area (Å²) >= 11 is 0. The number of carbonyl (C=O) groups is 3. The van der Waals surface area contributed by atoms with Crippen molar-refractivity contribution in [2.45, 2.75) is 32.8 Å². The largest absolute Gasteiger partial charge is 0.444 e. The standard InChI is InChI=1S/C23H30N6O4/c1-23(2,3)33-22(32)29-9-8-14(13-29)11-27-20(30)16-7-5-6-15(10-16)17-12-26-19(24)18(28-17)21(31)25-4/h5-7,10,12,14H,8-9,11,13H2,1-4H3,(H2,24,26)(H,25,31)(H,27,30). The summed E-state index contributed by atoms with van der Waals surface area (Å²) in [5, 5.41) is 5.41. The van der Waals surface area contributed by atoms with Crippen molar-refractivity contribution >= 4 is 23.7 Å². The molecule has 2 heterocycles. The second kappa shape index (κ2) is 9.85. The molecule has 1 aromatic heterocycles.